The van der Waals surface area contributed by atoms with Crippen LogP contribution in [-0.2, 0) is 0 Å². The van der Waals surface area contributed by atoms with Crippen LogP contribution in [0.4, 0.5) is 5.95 Å². The summed E-state index contributed by atoms with van der Waals surface area (Å²) in [7, 11) is 0. The molecule has 0 spiro atoms. The lowest BCUT2D eigenvalue weighted by Gasteiger charge is -2.34. The molecule has 7 heteroatoms. The zero-order chi connectivity index (χ0) is 17.9. The third-order valence-corrected chi connectivity index (χ3v) is 4.56. The molecular formula is C19H20N6O. The van der Waals surface area contributed by atoms with Gasteiger partial charge < -0.3 is 9.80 Å². The van der Waals surface area contributed by atoms with E-state index in [2.05, 4.69) is 25.1 Å². The van der Waals surface area contributed by atoms with Gasteiger partial charge in [0, 0.05) is 44.1 Å². The Morgan fingerprint density at radius 3 is 2.42 bits per heavy atom. The molecule has 1 aliphatic heterocycles. The van der Waals surface area contributed by atoms with Crippen molar-refractivity contribution in [3.8, 4) is 11.3 Å². The van der Waals surface area contributed by atoms with Gasteiger partial charge in [-0.15, -0.1) is 0 Å². The van der Waals surface area contributed by atoms with Gasteiger partial charge in [0.05, 0.1) is 5.69 Å². The highest BCUT2D eigenvalue weighted by Gasteiger charge is 2.24. The van der Waals surface area contributed by atoms with Crippen LogP contribution in [0.1, 0.15) is 16.1 Å². The number of benzene rings is 1. The molecule has 0 aliphatic carbocycles. The molecular weight excluding hydrogens is 328 g/mol. The minimum Gasteiger partial charge on any atom is -0.337 e. The van der Waals surface area contributed by atoms with Crippen molar-refractivity contribution < 1.29 is 4.79 Å². The number of piperazine rings is 1. The maximum Gasteiger partial charge on any atom is 0.272 e. The predicted molar refractivity (Wildman–Crippen MR) is 98.9 cm³/mol. The minimum absolute atomic E-state index is 0.0236. The first kappa shape index (κ1) is 16.3. The first-order chi connectivity index (χ1) is 12.7. The summed E-state index contributed by atoms with van der Waals surface area (Å²) < 4.78 is 0. The van der Waals surface area contributed by atoms with Crippen LogP contribution in [0.5, 0.6) is 0 Å². The Hall–Kier alpha value is -3.22. The zero-order valence-electron chi connectivity index (χ0n) is 14.6. The zero-order valence-corrected chi connectivity index (χ0v) is 14.6. The van der Waals surface area contributed by atoms with E-state index in [1.807, 2.05) is 42.2 Å². The fraction of sp³-hybridized carbons (Fsp3) is 0.263. The summed E-state index contributed by atoms with van der Waals surface area (Å²) in [5, 5.41) is 7.17. The molecule has 1 aliphatic rings. The highest BCUT2D eigenvalue weighted by Crippen LogP contribution is 2.19. The van der Waals surface area contributed by atoms with Gasteiger partial charge in [0.1, 0.15) is 5.69 Å². The molecule has 26 heavy (non-hydrogen) atoms. The summed E-state index contributed by atoms with van der Waals surface area (Å²) in [6.07, 6.45) is 3.47. The van der Waals surface area contributed by atoms with E-state index in [-0.39, 0.29) is 5.91 Å². The van der Waals surface area contributed by atoms with E-state index in [1.54, 1.807) is 18.5 Å². The lowest BCUT2D eigenvalue weighted by molar-refractivity contribution is 0.0740. The number of nitrogens with zero attached hydrogens (tertiary/aromatic N) is 5. The maximum atomic E-state index is 12.7. The largest absolute Gasteiger partial charge is 0.337 e. The molecule has 3 heterocycles. The molecule has 0 atom stereocenters. The molecule has 0 unspecified atom stereocenters. The van der Waals surface area contributed by atoms with E-state index in [0.29, 0.717) is 37.8 Å². The Balaban J connectivity index is 1.42. The number of nitrogens with one attached hydrogen (secondary N) is 1. The molecule has 0 saturated carbocycles. The van der Waals surface area contributed by atoms with Gasteiger partial charge in [0.25, 0.3) is 5.91 Å². The second-order valence-corrected chi connectivity index (χ2v) is 6.36. The summed E-state index contributed by atoms with van der Waals surface area (Å²) in [6.45, 7) is 4.75. The van der Waals surface area contributed by atoms with Gasteiger partial charge >= 0.3 is 0 Å². The van der Waals surface area contributed by atoms with E-state index in [9.17, 15) is 4.79 Å². The van der Waals surface area contributed by atoms with Gasteiger partial charge in [0.15, 0.2) is 0 Å². The van der Waals surface area contributed by atoms with Gasteiger partial charge in [-0.25, -0.2) is 9.97 Å². The second-order valence-electron chi connectivity index (χ2n) is 6.36. The van der Waals surface area contributed by atoms with E-state index >= 15 is 0 Å². The Morgan fingerprint density at radius 2 is 1.73 bits per heavy atom. The number of amides is 1. The van der Waals surface area contributed by atoms with Crippen molar-refractivity contribution in [3.63, 3.8) is 0 Å². The van der Waals surface area contributed by atoms with Gasteiger partial charge in [-0.2, -0.15) is 5.10 Å². The van der Waals surface area contributed by atoms with Gasteiger partial charge in [0.2, 0.25) is 5.95 Å². The Bertz CT molecular complexity index is 882. The topological polar surface area (TPSA) is 78.0 Å². The van der Waals surface area contributed by atoms with Crippen LogP contribution in [0.2, 0.25) is 0 Å². The molecule has 1 N–H and O–H groups in total. The number of rotatable bonds is 3. The summed E-state index contributed by atoms with van der Waals surface area (Å²) in [6, 6.07) is 11.7. The number of anilines is 1. The van der Waals surface area contributed by atoms with Crippen LogP contribution in [0.15, 0.2) is 48.8 Å². The smallest absolute Gasteiger partial charge is 0.272 e. The number of aryl methyl sites for hydroxylation is 1. The van der Waals surface area contributed by atoms with Crippen molar-refractivity contribution in [2.24, 2.45) is 0 Å². The normalized spacial score (nSPS) is 14.5. The molecule has 3 aromatic rings. The van der Waals surface area contributed by atoms with E-state index in [0.717, 1.165) is 11.3 Å². The summed E-state index contributed by atoms with van der Waals surface area (Å²) in [5.74, 6) is 0.687. The quantitative estimate of drug-likeness (QED) is 0.785. The Labute approximate surface area is 151 Å². The molecule has 7 nitrogen and oxygen atoms in total. The molecule has 1 saturated heterocycles. The molecule has 1 fully saturated rings. The Kier molecular flexibility index (Phi) is 4.35. The first-order valence-corrected chi connectivity index (χ1v) is 8.64. The molecule has 0 radical (unpaired) electrons. The summed E-state index contributed by atoms with van der Waals surface area (Å²) >= 11 is 0. The SMILES string of the molecule is Cc1ccc(-c2cc(C(=O)N3CCN(c4ncccn4)CC3)[nH]n2)cc1. The number of H-pyrrole nitrogens is 1. The van der Waals surface area contributed by atoms with Crippen LogP contribution < -0.4 is 4.90 Å². The molecule has 2 aromatic heterocycles. The Morgan fingerprint density at radius 1 is 1.04 bits per heavy atom. The van der Waals surface area contributed by atoms with Crippen LogP contribution >= 0.6 is 0 Å². The summed E-state index contributed by atoms with van der Waals surface area (Å²) in [4.78, 5) is 25.2. The van der Waals surface area contributed by atoms with Gasteiger partial charge in [-0.1, -0.05) is 29.8 Å². The van der Waals surface area contributed by atoms with Crippen LogP contribution in [-0.4, -0.2) is 57.2 Å². The molecule has 0 bridgehead atoms. The first-order valence-electron chi connectivity index (χ1n) is 8.64. The van der Waals surface area contributed by atoms with Crippen molar-refractivity contribution in [2.45, 2.75) is 6.92 Å². The fourth-order valence-corrected chi connectivity index (χ4v) is 3.04. The highest BCUT2D eigenvalue weighted by molar-refractivity contribution is 5.93. The lowest BCUT2D eigenvalue weighted by Crippen LogP contribution is -2.49. The lowest BCUT2D eigenvalue weighted by atomic mass is 10.1. The molecule has 1 aromatic carbocycles. The van der Waals surface area contributed by atoms with Crippen molar-refractivity contribution in [1.29, 1.82) is 0 Å². The number of aromatic amines is 1. The number of carbonyl (C=O) groups is 1. The number of hydrogen-bond donors (Lipinski definition) is 1. The number of hydrogen-bond acceptors (Lipinski definition) is 5. The third-order valence-electron chi connectivity index (χ3n) is 4.56. The number of aromatic nitrogens is 4. The van der Waals surface area contributed by atoms with Crippen molar-refractivity contribution >= 4 is 11.9 Å². The van der Waals surface area contributed by atoms with E-state index < -0.39 is 0 Å². The van der Waals surface area contributed by atoms with E-state index in [4.69, 9.17) is 0 Å². The average Bonchev–Trinajstić information content (AvgIpc) is 3.19. The highest BCUT2D eigenvalue weighted by atomic mass is 16.2. The molecule has 1 amide bonds. The number of carbonyl (C=O) groups excluding carboxylic acids is 1. The molecule has 132 valence electrons. The molecule has 4 rings (SSSR count). The van der Waals surface area contributed by atoms with E-state index in [1.165, 1.54) is 5.56 Å². The maximum absolute atomic E-state index is 12.7. The van der Waals surface area contributed by atoms with Crippen molar-refractivity contribution in [2.75, 3.05) is 31.1 Å². The van der Waals surface area contributed by atoms with Crippen LogP contribution in [0.3, 0.4) is 0 Å². The second kappa shape index (κ2) is 6.95. The average molecular weight is 348 g/mol. The van der Waals surface area contributed by atoms with Crippen molar-refractivity contribution in [3.05, 3.63) is 60.0 Å². The standard InChI is InChI=1S/C19H20N6O/c1-14-3-5-15(6-4-14)16-13-17(23-22-16)18(26)24-9-11-25(12-10-24)19-20-7-2-8-21-19/h2-8,13H,9-12H2,1H3,(H,22,23). The van der Waals surface area contributed by atoms with Crippen LogP contribution in [0, 0.1) is 6.92 Å². The van der Waals surface area contributed by atoms with Gasteiger partial charge in [-0.05, 0) is 19.1 Å². The van der Waals surface area contributed by atoms with Crippen molar-refractivity contribution in [1.82, 2.24) is 25.1 Å². The fourth-order valence-electron chi connectivity index (χ4n) is 3.04. The minimum atomic E-state index is -0.0236. The summed E-state index contributed by atoms with van der Waals surface area (Å²) in [5.41, 5.74) is 3.49. The van der Waals surface area contributed by atoms with Crippen LogP contribution in [0.25, 0.3) is 11.3 Å². The third kappa shape index (κ3) is 3.28. The monoisotopic (exact) mass is 348 g/mol. The van der Waals surface area contributed by atoms with Gasteiger partial charge in [-0.3, -0.25) is 9.89 Å². The predicted octanol–water partition coefficient (Wildman–Crippen LogP) is 2.14.